The van der Waals surface area contributed by atoms with Gasteiger partial charge in [0.2, 0.25) is 5.78 Å². The number of Topliss-reactive ketones (excluding diaryl/α,β-unsaturated/α-hetero) is 1. The third-order valence-electron chi connectivity index (χ3n) is 1.91. The summed E-state index contributed by atoms with van der Waals surface area (Å²) in [6.07, 6.45) is -3.19. The van der Waals surface area contributed by atoms with E-state index in [4.69, 9.17) is 0 Å². The van der Waals surface area contributed by atoms with E-state index in [1.807, 2.05) is 18.2 Å². The summed E-state index contributed by atoms with van der Waals surface area (Å²) < 4.78 is 24.9. The van der Waals surface area contributed by atoms with Gasteiger partial charge in [-0.1, -0.05) is 12.1 Å². The van der Waals surface area contributed by atoms with Gasteiger partial charge >= 0.3 is 0 Å². The SMILES string of the molecule is O=C(Cc1nc2ccccc2s1)C(F)F. The maximum atomic E-state index is 12.0. The number of carbonyl (C=O) groups is 1. The first-order chi connectivity index (χ1) is 7.16. The van der Waals surface area contributed by atoms with Crippen molar-refractivity contribution >= 4 is 27.3 Å². The van der Waals surface area contributed by atoms with Crippen LogP contribution in [0.1, 0.15) is 5.01 Å². The number of hydrogen-bond donors (Lipinski definition) is 0. The molecule has 0 bridgehead atoms. The molecule has 1 aromatic carbocycles. The van der Waals surface area contributed by atoms with Gasteiger partial charge in [-0.05, 0) is 12.1 Å². The molecule has 1 heterocycles. The highest BCUT2D eigenvalue weighted by Gasteiger charge is 2.17. The molecule has 15 heavy (non-hydrogen) atoms. The molecule has 0 atom stereocenters. The van der Waals surface area contributed by atoms with E-state index >= 15 is 0 Å². The number of halogens is 2. The van der Waals surface area contributed by atoms with Gasteiger partial charge in [-0.2, -0.15) is 0 Å². The van der Waals surface area contributed by atoms with E-state index in [9.17, 15) is 13.6 Å². The number of carbonyl (C=O) groups excluding carboxylic acids is 1. The van der Waals surface area contributed by atoms with Crippen molar-refractivity contribution in [2.45, 2.75) is 12.8 Å². The van der Waals surface area contributed by atoms with Crippen LogP contribution in [0.25, 0.3) is 10.2 Å². The molecule has 0 unspecified atom stereocenters. The van der Waals surface area contributed by atoms with Crippen LogP contribution in [0.5, 0.6) is 0 Å². The molecule has 0 N–H and O–H groups in total. The molecule has 0 aliphatic rings. The van der Waals surface area contributed by atoms with Gasteiger partial charge in [-0.3, -0.25) is 4.79 Å². The maximum Gasteiger partial charge on any atom is 0.296 e. The number of rotatable bonds is 3. The van der Waals surface area contributed by atoms with Crippen LogP contribution in [0.4, 0.5) is 8.78 Å². The summed E-state index contributed by atoms with van der Waals surface area (Å²) in [5.74, 6) is -1.07. The van der Waals surface area contributed by atoms with Gasteiger partial charge in [-0.15, -0.1) is 11.3 Å². The predicted octanol–water partition coefficient (Wildman–Crippen LogP) is 2.67. The van der Waals surface area contributed by atoms with Gasteiger partial charge < -0.3 is 0 Å². The molecule has 0 amide bonds. The number of hydrogen-bond acceptors (Lipinski definition) is 3. The van der Waals surface area contributed by atoms with E-state index in [1.165, 1.54) is 11.3 Å². The van der Waals surface area contributed by atoms with E-state index in [1.54, 1.807) is 6.07 Å². The first-order valence-corrected chi connectivity index (χ1v) is 5.14. The average Bonchev–Trinajstić information content (AvgIpc) is 2.59. The van der Waals surface area contributed by atoms with E-state index in [2.05, 4.69) is 4.98 Å². The number of fused-ring (bicyclic) bond motifs is 1. The van der Waals surface area contributed by atoms with Crippen molar-refractivity contribution in [1.29, 1.82) is 0 Å². The van der Waals surface area contributed by atoms with E-state index in [0.29, 0.717) is 5.01 Å². The molecule has 0 fully saturated rings. The van der Waals surface area contributed by atoms with Crippen LogP contribution in [0.2, 0.25) is 0 Å². The van der Waals surface area contributed by atoms with Gasteiger partial charge in [0, 0.05) is 0 Å². The van der Waals surface area contributed by atoms with E-state index in [-0.39, 0.29) is 6.42 Å². The Labute approximate surface area is 88.6 Å². The molecule has 2 nitrogen and oxygen atoms in total. The summed E-state index contributed by atoms with van der Waals surface area (Å²) >= 11 is 1.28. The smallest absolute Gasteiger partial charge is 0.293 e. The molecule has 0 aliphatic carbocycles. The van der Waals surface area contributed by atoms with Crippen molar-refractivity contribution in [3.05, 3.63) is 29.3 Å². The molecule has 5 heteroatoms. The zero-order valence-corrected chi connectivity index (χ0v) is 8.43. The third kappa shape index (κ3) is 2.18. The van der Waals surface area contributed by atoms with Crippen LogP contribution in [0, 0.1) is 0 Å². The topological polar surface area (TPSA) is 30.0 Å². The average molecular weight is 227 g/mol. The van der Waals surface area contributed by atoms with Gasteiger partial charge in [0.15, 0.2) is 0 Å². The largest absolute Gasteiger partial charge is 0.296 e. The molecule has 0 radical (unpaired) electrons. The lowest BCUT2D eigenvalue weighted by atomic mass is 10.3. The second-order valence-electron chi connectivity index (χ2n) is 3.02. The number of ketones is 1. The Morgan fingerprint density at radius 2 is 2.13 bits per heavy atom. The molecule has 2 rings (SSSR count). The van der Waals surface area contributed by atoms with Crippen LogP contribution >= 0.6 is 11.3 Å². The number of para-hydroxylation sites is 1. The molecule has 0 spiro atoms. The minimum absolute atomic E-state index is 0.281. The van der Waals surface area contributed by atoms with Crippen molar-refractivity contribution in [3.8, 4) is 0 Å². The molecular formula is C10H7F2NOS. The summed E-state index contributed by atoms with van der Waals surface area (Å²) in [6, 6.07) is 7.31. The van der Waals surface area contributed by atoms with Crippen LogP contribution in [0.3, 0.4) is 0 Å². The minimum Gasteiger partial charge on any atom is -0.293 e. The molecule has 0 aliphatic heterocycles. The van der Waals surface area contributed by atoms with Crippen molar-refractivity contribution in [1.82, 2.24) is 4.98 Å². The fourth-order valence-corrected chi connectivity index (χ4v) is 2.20. The highest BCUT2D eigenvalue weighted by molar-refractivity contribution is 7.18. The van der Waals surface area contributed by atoms with Crippen LogP contribution in [-0.2, 0) is 11.2 Å². The van der Waals surface area contributed by atoms with E-state index < -0.39 is 12.2 Å². The van der Waals surface area contributed by atoms with E-state index in [0.717, 1.165) is 10.2 Å². The molecular weight excluding hydrogens is 220 g/mol. The Balaban J connectivity index is 2.26. The Hall–Kier alpha value is -1.36. The van der Waals surface area contributed by atoms with Crippen molar-refractivity contribution < 1.29 is 13.6 Å². The first kappa shape index (κ1) is 10.2. The minimum atomic E-state index is -2.91. The van der Waals surface area contributed by atoms with Crippen molar-refractivity contribution in [2.24, 2.45) is 0 Å². The van der Waals surface area contributed by atoms with Crippen LogP contribution in [0.15, 0.2) is 24.3 Å². The second kappa shape index (κ2) is 4.02. The van der Waals surface area contributed by atoms with Crippen molar-refractivity contribution in [2.75, 3.05) is 0 Å². The zero-order chi connectivity index (χ0) is 10.8. The van der Waals surface area contributed by atoms with Gasteiger partial charge in [0.1, 0.15) is 5.01 Å². The van der Waals surface area contributed by atoms with Gasteiger partial charge in [0.05, 0.1) is 16.6 Å². The monoisotopic (exact) mass is 227 g/mol. The Kier molecular flexibility index (Phi) is 2.73. The molecule has 0 saturated heterocycles. The highest BCUT2D eigenvalue weighted by Crippen LogP contribution is 2.22. The fraction of sp³-hybridized carbons (Fsp3) is 0.200. The fourth-order valence-electron chi connectivity index (χ4n) is 1.22. The zero-order valence-electron chi connectivity index (χ0n) is 7.61. The third-order valence-corrected chi connectivity index (χ3v) is 2.94. The maximum absolute atomic E-state index is 12.0. The first-order valence-electron chi connectivity index (χ1n) is 4.32. The second-order valence-corrected chi connectivity index (χ2v) is 4.13. The molecule has 1 aromatic heterocycles. The predicted molar refractivity (Wildman–Crippen MR) is 54.3 cm³/mol. The standard InChI is InChI=1S/C10H7F2NOS/c11-10(12)7(14)5-9-13-6-3-1-2-4-8(6)15-9/h1-4,10H,5H2. The molecule has 78 valence electrons. The quantitative estimate of drug-likeness (QED) is 0.806. The molecule has 0 saturated carbocycles. The Morgan fingerprint density at radius 3 is 2.80 bits per heavy atom. The number of aromatic nitrogens is 1. The van der Waals surface area contributed by atoms with Gasteiger partial charge in [0.25, 0.3) is 6.43 Å². The summed E-state index contributed by atoms with van der Waals surface area (Å²) in [5.41, 5.74) is 0.750. The normalized spacial score (nSPS) is 11.1. The number of thiazole rings is 1. The van der Waals surface area contributed by atoms with Crippen LogP contribution in [-0.4, -0.2) is 17.2 Å². The molecule has 2 aromatic rings. The highest BCUT2D eigenvalue weighted by atomic mass is 32.1. The van der Waals surface area contributed by atoms with Crippen LogP contribution < -0.4 is 0 Å². The Bertz CT molecular complexity index is 462. The summed E-state index contributed by atoms with van der Waals surface area (Å²) in [4.78, 5) is 14.9. The number of nitrogens with zero attached hydrogens (tertiary/aromatic N) is 1. The van der Waals surface area contributed by atoms with Gasteiger partial charge in [-0.25, -0.2) is 13.8 Å². The lowest BCUT2D eigenvalue weighted by Crippen LogP contribution is -2.12. The Morgan fingerprint density at radius 1 is 1.40 bits per heavy atom. The summed E-state index contributed by atoms with van der Waals surface area (Å²) in [7, 11) is 0. The summed E-state index contributed by atoms with van der Waals surface area (Å²) in [6.45, 7) is 0. The number of benzene rings is 1. The lowest BCUT2D eigenvalue weighted by molar-refractivity contribution is -0.128. The number of alkyl halides is 2. The lowest BCUT2D eigenvalue weighted by Gasteiger charge is -1.93. The van der Waals surface area contributed by atoms with Crippen molar-refractivity contribution in [3.63, 3.8) is 0 Å². The summed E-state index contributed by atoms with van der Waals surface area (Å²) in [5, 5.41) is 0.446.